The minimum Gasteiger partial charge on any atom is -0.383 e. The Labute approximate surface area is 162 Å². The number of rotatable bonds is 5. The topological polar surface area (TPSA) is 108 Å². The highest BCUT2D eigenvalue weighted by Gasteiger charge is 2.37. The molecule has 0 unspecified atom stereocenters. The molecule has 8 nitrogen and oxygen atoms in total. The molecule has 8 heteroatoms. The monoisotopic (exact) mass is 382 g/mol. The molecule has 0 atom stereocenters. The first kappa shape index (κ1) is 19.7. The number of aliphatic hydroxyl groups is 1. The van der Waals surface area contributed by atoms with Crippen LogP contribution < -0.4 is 5.43 Å². The van der Waals surface area contributed by atoms with Gasteiger partial charge in [-0.3, -0.25) is 14.9 Å². The average Bonchev–Trinajstić information content (AvgIpc) is 2.71. The van der Waals surface area contributed by atoms with Crippen LogP contribution in [0, 0.1) is 10.1 Å². The molecule has 1 amide bonds. The lowest BCUT2D eigenvalue weighted by molar-refractivity contribution is -0.385. The van der Waals surface area contributed by atoms with Gasteiger partial charge in [0.1, 0.15) is 11.2 Å². The van der Waals surface area contributed by atoms with Crippen LogP contribution in [0.25, 0.3) is 0 Å². The normalized spacial score (nSPS) is 17.1. The lowest BCUT2D eigenvalue weighted by Gasteiger charge is -2.37. The zero-order chi connectivity index (χ0) is 20.1. The Morgan fingerprint density at radius 2 is 1.75 bits per heavy atom. The summed E-state index contributed by atoms with van der Waals surface area (Å²) >= 11 is 0. The van der Waals surface area contributed by atoms with Gasteiger partial charge in [0.2, 0.25) is 0 Å². The van der Waals surface area contributed by atoms with Crippen molar-refractivity contribution in [2.75, 3.05) is 20.1 Å². The SMILES string of the molecule is CN1CCC(O)(C(=NNC(=O)c2ccccc2[N+](=O)[O-])c2ccccc2)CC1. The number of hydrogen-bond donors (Lipinski definition) is 2. The van der Waals surface area contributed by atoms with Crippen molar-refractivity contribution in [3.05, 3.63) is 75.8 Å². The van der Waals surface area contributed by atoms with Crippen LogP contribution in [0.3, 0.4) is 0 Å². The molecule has 1 saturated heterocycles. The summed E-state index contributed by atoms with van der Waals surface area (Å²) in [5.41, 5.74) is 1.87. The van der Waals surface area contributed by atoms with E-state index < -0.39 is 16.4 Å². The maximum absolute atomic E-state index is 12.5. The Balaban J connectivity index is 1.92. The van der Waals surface area contributed by atoms with E-state index in [-0.39, 0.29) is 11.3 Å². The van der Waals surface area contributed by atoms with Crippen molar-refractivity contribution in [2.24, 2.45) is 5.10 Å². The van der Waals surface area contributed by atoms with E-state index in [1.807, 2.05) is 37.4 Å². The van der Waals surface area contributed by atoms with E-state index in [9.17, 15) is 20.0 Å². The van der Waals surface area contributed by atoms with Gasteiger partial charge in [-0.15, -0.1) is 0 Å². The summed E-state index contributed by atoms with van der Waals surface area (Å²) < 4.78 is 0. The van der Waals surface area contributed by atoms with E-state index in [1.54, 1.807) is 6.07 Å². The highest BCUT2D eigenvalue weighted by atomic mass is 16.6. The lowest BCUT2D eigenvalue weighted by atomic mass is 9.83. The first-order chi connectivity index (χ1) is 13.4. The van der Waals surface area contributed by atoms with Crippen molar-refractivity contribution >= 4 is 17.3 Å². The predicted molar refractivity (Wildman–Crippen MR) is 105 cm³/mol. The molecule has 2 N–H and O–H groups in total. The van der Waals surface area contributed by atoms with E-state index in [1.165, 1.54) is 18.2 Å². The van der Waals surface area contributed by atoms with Gasteiger partial charge in [0, 0.05) is 24.7 Å². The fraction of sp³-hybridized carbons (Fsp3) is 0.300. The Morgan fingerprint density at radius 3 is 2.39 bits per heavy atom. The van der Waals surface area contributed by atoms with E-state index in [4.69, 9.17) is 0 Å². The van der Waals surface area contributed by atoms with Crippen LogP contribution >= 0.6 is 0 Å². The molecule has 2 aromatic rings. The van der Waals surface area contributed by atoms with Gasteiger partial charge in [0.25, 0.3) is 11.6 Å². The highest BCUT2D eigenvalue weighted by Crippen LogP contribution is 2.27. The van der Waals surface area contributed by atoms with Gasteiger partial charge in [-0.2, -0.15) is 5.10 Å². The third-order valence-electron chi connectivity index (χ3n) is 4.92. The van der Waals surface area contributed by atoms with Crippen LogP contribution in [0.1, 0.15) is 28.8 Å². The zero-order valence-corrected chi connectivity index (χ0v) is 15.5. The summed E-state index contributed by atoms with van der Waals surface area (Å²) in [6, 6.07) is 14.8. The van der Waals surface area contributed by atoms with E-state index in [0.29, 0.717) is 37.2 Å². The lowest BCUT2D eigenvalue weighted by Crippen LogP contribution is -2.49. The number of benzene rings is 2. The number of hydrogen-bond acceptors (Lipinski definition) is 6. The number of amides is 1. The number of carbonyl (C=O) groups excluding carboxylic acids is 1. The summed E-state index contributed by atoms with van der Waals surface area (Å²) in [7, 11) is 1.98. The summed E-state index contributed by atoms with van der Waals surface area (Å²) in [6.07, 6.45) is 0.942. The quantitative estimate of drug-likeness (QED) is 0.468. The molecule has 0 bridgehead atoms. The van der Waals surface area contributed by atoms with Crippen molar-refractivity contribution in [1.82, 2.24) is 10.3 Å². The molecule has 1 fully saturated rings. The van der Waals surface area contributed by atoms with Crippen LogP contribution in [0.2, 0.25) is 0 Å². The standard InChI is InChI=1S/C20H22N4O4/c1-23-13-11-20(26,12-14-23)18(15-7-3-2-4-8-15)21-22-19(25)16-9-5-6-10-17(16)24(27)28/h2-10,26H,11-14H2,1H3,(H,22,25). The van der Waals surface area contributed by atoms with Crippen molar-refractivity contribution in [1.29, 1.82) is 0 Å². The second-order valence-corrected chi connectivity index (χ2v) is 6.88. The zero-order valence-electron chi connectivity index (χ0n) is 15.5. The minimum absolute atomic E-state index is 0.0842. The Bertz CT molecular complexity index is 890. The van der Waals surface area contributed by atoms with Crippen LogP contribution in [0.4, 0.5) is 5.69 Å². The molecule has 2 aromatic carbocycles. The second-order valence-electron chi connectivity index (χ2n) is 6.88. The van der Waals surface area contributed by atoms with E-state index in [2.05, 4.69) is 15.4 Å². The van der Waals surface area contributed by atoms with Crippen LogP contribution in [-0.2, 0) is 0 Å². The molecule has 0 aliphatic carbocycles. The molecule has 1 aliphatic heterocycles. The molecule has 146 valence electrons. The molecular weight excluding hydrogens is 360 g/mol. The Morgan fingerprint density at radius 1 is 1.14 bits per heavy atom. The number of piperidine rings is 1. The van der Waals surface area contributed by atoms with Crippen molar-refractivity contribution in [2.45, 2.75) is 18.4 Å². The Hall–Kier alpha value is -3.10. The average molecular weight is 382 g/mol. The number of nitro groups is 1. The molecule has 0 aromatic heterocycles. The number of carbonyl (C=O) groups is 1. The molecule has 0 radical (unpaired) electrons. The van der Waals surface area contributed by atoms with Crippen molar-refractivity contribution < 1.29 is 14.8 Å². The number of nitro benzene ring substituents is 1. The first-order valence-corrected chi connectivity index (χ1v) is 8.99. The van der Waals surface area contributed by atoms with E-state index >= 15 is 0 Å². The maximum atomic E-state index is 12.5. The molecular formula is C20H22N4O4. The fourth-order valence-corrected chi connectivity index (χ4v) is 3.25. The molecule has 3 rings (SSSR count). The highest BCUT2D eigenvalue weighted by molar-refractivity contribution is 6.07. The molecule has 0 saturated carbocycles. The number of nitrogens with zero attached hydrogens (tertiary/aromatic N) is 3. The molecule has 28 heavy (non-hydrogen) atoms. The molecule has 0 spiro atoms. The van der Waals surface area contributed by atoms with E-state index in [0.717, 1.165) is 0 Å². The number of likely N-dealkylation sites (tertiary alicyclic amines) is 1. The number of nitrogens with one attached hydrogen (secondary N) is 1. The van der Waals surface area contributed by atoms with Gasteiger partial charge < -0.3 is 10.0 Å². The number of hydrazone groups is 1. The summed E-state index contributed by atoms with van der Waals surface area (Å²) in [5, 5.41) is 26.6. The first-order valence-electron chi connectivity index (χ1n) is 8.99. The third-order valence-corrected chi connectivity index (χ3v) is 4.92. The number of para-hydroxylation sites is 1. The third kappa shape index (κ3) is 4.24. The van der Waals surface area contributed by atoms with Crippen LogP contribution in [0.5, 0.6) is 0 Å². The minimum atomic E-state index is -1.19. The van der Waals surface area contributed by atoms with Gasteiger partial charge in [0.15, 0.2) is 0 Å². The summed E-state index contributed by atoms with van der Waals surface area (Å²) in [5.74, 6) is -0.697. The second kappa shape index (κ2) is 8.28. The molecule has 1 aliphatic rings. The summed E-state index contributed by atoms with van der Waals surface area (Å²) in [6.45, 7) is 1.39. The van der Waals surface area contributed by atoms with Crippen molar-refractivity contribution in [3.8, 4) is 0 Å². The van der Waals surface area contributed by atoms with Gasteiger partial charge in [-0.05, 0) is 26.0 Å². The van der Waals surface area contributed by atoms with Crippen LogP contribution in [-0.4, -0.2) is 52.3 Å². The maximum Gasteiger partial charge on any atom is 0.282 e. The van der Waals surface area contributed by atoms with Gasteiger partial charge >= 0.3 is 0 Å². The predicted octanol–water partition coefficient (Wildman–Crippen LogP) is 2.19. The largest absolute Gasteiger partial charge is 0.383 e. The smallest absolute Gasteiger partial charge is 0.282 e. The molecule has 1 heterocycles. The van der Waals surface area contributed by atoms with Gasteiger partial charge in [-0.25, -0.2) is 5.43 Å². The van der Waals surface area contributed by atoms with Crippen molar-refractivity contribution in [3.63, 3.8) is 0 Å². The van der Waals surface area contributed by atoms with Gasteiger partial charge in [0.05, 0.1) is 10.6 Å². The van der Waals surface area contributed by atoms with Gasteiger partial charge in [-0.1, -0.05) is 42.5 Å². The summed E-state index contributed by atoms with van der Waals surface area (Å²) in [4.78, 5) is 25.2. The Kier molecular flexibility index (Phi) is 5.81. The van der Waals surface area contributed by atoms with Crippen LogP contribution in [0.15, 0.2) is 59.7 Å². The fourth-order valence-electron chi connectivity index (χ4n) is 3.25.